The molecule has 0 saturated heterocycles. The van der Waals surface area contributed by atoms with Gasteiger partial charge in [0, 0.05) is 17.1 Å². The van der Waals surface area contributed by atoms with Gasteiger partial charge in [0.2, 0.25) is 10.0 Å². The molecular weight excluding hydrogens is 348 g/mol. The molecule has 0 radical (unpaired) electrons. The van der Waals surface area contributed by atoms with Gasteiger partial charge in [-0.15, -0.1) is 0 Å². The van der Waals surface area contributed by atoms with Crippen LogP contribution in [-0.4, -0.2) is 20.9 Å². The van der Waals surface area contributed by atoms with Crippen molar-refractivity contribution in [1.82, 2.24) is 10.0 Å². The summed E-state index contributed by atoms with van der Waals surface area (Å²) < 4.78 is 26.5. The van der Waals surface area contributed by atoms with Gasteiger partial charge in [-0.1, -0.05) is 36.7 Å². The van der Waals surface area contributed by atoms with E-state index in [1.54, 1.807) is 31.2 Å². The molecule has 1 unspecified atom stereocenters. The van der Waals surface area contributed by atoms with E-state index in [-0.39, 0.29) is 29.0 Å². The minimum atomic E-state index is -3.60. The molecule has 0 bridgehead atoms. The fourth-order valence-corrected chi connectivity index (χ4v) is 3.41. The lowest BCUT2D eigenvalue weighted by atomic mass is 10.1. The molecule has 2 aromatic rings. The number of hydrogen-bond donors (Lipinski definition) is 2. The lowest BCUT2D eigenvalue weighted by Crippen LogP contribution is -2.27. The first-order valence-corrected chi connectivity index (χ1v) is 9.35. The highest BCUT2D eigenvalue weighted by Gasteiger charge is 2.16. The number of halogens is 1. The fourth-order valence-electron chi connectivity index (χ4n) is 2.19. The largest absolute Gasteiger partial charge is 0.346 e. The van der Waals surface area contributed by atoms with Gasteiger partial charge in [-0.2, -0.15) is 0 Å². The average molecular weight is 367 g/mol. The van der Waals surface area contributed by atoms with Crippen LogP contribution < -0.4 is 10.0 Å². The van der Waals surface area contributed by atoms with Gasteiger partial charge < -0.3 is 5.32 Å². The van der Waals surface area contributed by atoms with Gasteiger partial charge in [0.25, 0.3) is 5.91 Å². The van der Waals surface area contributed by atoms with Gasteiger partial charge in [0.1, 0.15) is 0 Å². The molecule has 0 fully saturated rings. The number of carbonyl (C=O) groups is 1. The smallest absolute Gasteiger partial charge is 0.251 e. The first-order chi connectivity index (χ1) is 11.3. The van der Waals surface area contributed by atoms with Crippen molar-refractivity contribution >= 4 is 27.5 Å². The molecule has 1 atom stereocenters. The number of sulfonamides is 1. The van der Waals surface area contributed by atoms with Crippen molar-refractivity contribution in [2.45, 2.75) is 24.8 Å². The zero-order valence-electron chi connectivity index (χ0n) is 13.4. The maximum absolute atomic E-state index is 12.4. The Morgan fingerprint density at radius 1 is 1.17 bits per heavy atom. The lowest BCUT2D eigenvalue weighted by Gasteiger charge is -2.15. The van der Waals surface area contributed by atoms with Gasteiger partial charge >= 0.3 is 0 Å². The molecule has 5 nitrogen and oxygen atoms in total. The maximum atomic E-state index is 12.4. The highest BCUT2D eigenvalue weighted by atomic mass is 35.5. The van der Waals surface area contributed by atoms with Gasteiger partial charge in [0.05, 0.1) is 10.9 Å². The molecule has 128 valence electrons. The lowest BCUT2D eigenvalue weighted by molar-refractivity contribution is 0.0939. The van der Waals surface area contributed by atoms with Crippen LogP contribution in [0, 0.1) is 0 Å². The molecule has 0 aliphatic heterocycles. The predicted molar refractivity (Wildman–Crippen MR) is 94.6 cm³/mol. The van der Waals surface area contributed by atoms with Crippen molar-refractivity contribution in [1.29, 1.82) is 0 Å². The Bertz CT molecular complexity index is 820. The predicted octanol–water partition coefficient (Wildman–Crippen LogP) is 3.13. The molecular formula is C17H19ClN2O3S. The fraction of sp³-hybridized carbons (Fsp3) is 0.235. The Morgan fingerprint density at radius 2 is 1.83 bits per heavy atom. The molecule has 2 rings (SSSR count). The van der Waals surface area contributed by atoms with E-state index in [9.17, 15) is 13.2 Å². The first-order valence-electron chi connectivity index (χ1n) is 7.49. The second kappa shape index (κ2) is 7.79. The molecule has 2 N–H and O–H groups in total. The van der Waals surface area contributed by atoms with E-state index in [0.29, 0.717) is 5.02 Å². The van der Waals surface area contributed by atoms with E-state index in [1.807, 2.05) is 19.1 Å². The molecule has 0 aromatic heterocycles. The van der Waals surface area contributed by atoms with Crippen LogP contribution in [-0.2, 0) is 10.0 Å². The SMILES string of the molecule is CCNS(=O)(=O)c1cccc(C(=O)NC(C)c2ccc(Cl)cc2)c1. The molecule has 0 aliphatic carbocycles. The third-order valence-electron chi connectivity index (χ3n) is 3.46. The van der Waals surface area contributed by atoms with Crippen LogP contribution in [0.2, 0.25) is 5.02 Å². The van der Waals surface area contributed by atoms with Crippen molar-refractivity contribution in [2.75, 3.05) is 6.54 Å². The van der Waals surface area contributed by atoms with Crippen LogP contribution >= 0.6 is 11.6 Å². The number of carbonyl (C=O) groups excluding carboxylic acids is 1. The summed E-state index contributed by atoms with van der Waals surface area (Å²) in [6.07, 6.45) is 0. The summed E-state index contributed by atoms with van der Waals surface area (Å²) >= 11 is 5.85. The average Bonchev–Trinajstić information content (AvgIpc) is 2.55. The maximum Gasteiger partial charge on any atom is 0.251 e. The second-order valence-electron chi connectivity index (χ2n) is 5.28. The molecule has 24 heavy (non-hydrogen) atoms. The van der Waals surface area contributed by atoms with Crippen LogP contribution in [0.1, 0.15) is 35.8 Å². The quantitative estimate of drug-likeness (QED) is 0.824. The van der Waals surface area contributed by atoms with Gasteiger partial charge in [-0.25, -0.2) is 13.1 Å². The minimum Gasteiger partial charge on any atom is -0.346 e. The third kappa shape index (κ3) is 4.56. The third-order valence-corrected chi connectivity index (χ3v) is 5.25. The van der Waals surface area contributed by atoms with Crippen LogP contribution in [0.4, 0.5) is 0 Å². The zero-order valence-corrected chi connectivity index (χ0v) is 15.0. The molecule has 0 aliphatic rings. The van der Waals surface area contributed by atoms with Crippen LogP contribution in [0.5, 0.6) is 0 Å². The summed E-state index contributed by atoms with van der Waals surface area (Å²) in [4.78, 5) is 12.4. The normalized spacial score (nSPS) is 12.6. The van der Waals surface area contributed by atoms with E-state index in [4.69, 9.17) is 11.6 Å². The van der Waals surface area contributed by atoms with Gasteiger partial charge in [0.15, 0.2) is 0 Å². The summed E-state index contributed by atoms with van der Waals surface area (Å²) in [5, 5.41) is 3.47. The van der Waals surface area contributed by atoms with E-state index >= 15 is 0 Å². The van der Waals surface area contributed by atoms with Crippen molar-refractivity contribution in [3.05, 3.63) is 64.7 Å². The Kier molecular flexibility index (Phi) is 5.99. The first kappa shape index (κ1) is 18.4. The Morgan fingerprint density at radius 3 is 2.46 bits per heavy atom. The van der Waals surface area contributed by atoms with Crippen LogP contribution in [0.25, 0.3) is 0 Å². The number of nitrogens with one attached hydrogen (secondary N) is 2. The molecule has 2 aromatic carbocycles. The topological polar surface area (TPSA) is 75.3 Å². The Labute approximate surface area is 147 Å². The second-order valence-corrected chi connectivity index (χ2v) is 7.48. The van der Waals surface area contributed by atoms with Crippen molar-refractivity contribution < 1.29 is 13.2 Å². The highest BCUT2D eigenvalue weighted by molar-refractivity contribution is 7.89. The monoisotopic (exact) mass is 366 g/mol. The number of rotatable bonds is 6. The van der Waals surface area contributed by atoms with Crippen LogP contribution in [0.15, 0.2) is 53.4 Å². The summed E-state index contributed by atoms with van der Waals surface area (Å²) in [6, 6.07) is 12.9. The summed E-state index contributed by atoms with van der Waals surface area (Å²) in [6.45, 7) is 3.83. The van der Waals surface area contributed by atoms with Crippen LogP contribution in [0.3, 0.4) is 0 Å². The van der Waals surface area contributed by atoms with E-state index in [2.05, 4.69) is 10.0 Å². The summed E-state index contributed by atoms with van der Waals surface area (Å²) in [5.74, 6) is -0.342. The van der Waals surface area contributed by atoms with E-state index in [0.717, 1.165) is 5.56 Å². The zero-order chi connectivity index (χ0) is 17.7. The highest BCUT2D eigenvalue weighted by Crippen LogP contribution is 2.17. The van der Waals surface area contributed by atoms with Crippen molar-refractivity contribution in [3.63, 3.8) is 0 Å². The van der Waals surface area contributed by atoms with Crippen molar-refractivity contribution in [2.24, 2.45) is 0 Å². The number of amides is 1. The van der Waals surface area contributed by atoms with Gasteiger partial charge in [-0.05, 0) is 42.8 Å². The molecule has 0 spiro atoms. The molecule has 1 amide bonds. The Hall–Kier alpha value is -1.89. The van der Waals surface area contributed by atoms with E-state index in [1.165, 1.54) is 12.1 Å². The van der Waals surface area contributed by atoms with Crippen molar-refractivity contribution in [3.8, 4) is 0 Å². The molecule has 7 heteroatoms. The molecule has 0 heterocycles. The Balaban J connectivity index is 2.17. The number of hydrogen-bond acceptors (Lipinski definition) is 3. The molecule has 0 saturated carbocycles. The summed E-state index contributed by atoms with van der Waals surface area (Å²) in [7, 11) is -3.60. The number of benzene rings is 2. The van der Waals surface area contributed by atoms with Gasteiger partial charge in [-0.3, -0.25) is 4.79 Å². The minimum absolute atomic E-state index is 0.0659. The van der Waals surface area contributed by atoms with E-state index < -0.39 is 10.0 Å². The summed E-state index contributed by atoms with van der Waals surface area (Å²) in [5.41, 5.74) is 1.19. The standard InChI is InChI=1S/C17H19ClN2O3S/c1-3-19-24(22,23)16-6-4-5-14(11-16)17(21)20-12(2)13-7-9-15(18)10-8-13/h4-12,19H,3H2,1-2H3,(H,20,21).